The van der Waals surface area contributed by atoms with Gasteiger partial charge in [0.05, 0.1) is 6.42 Å². The Morgan fingerprint density at radius 3 is 2.57 bits per heavy atom. The van der Waals surface area contributed by atoms with Gasteiger partial charge >= 0.3 is 5.97 Å². The van der Waals surface area contributed by atoms with Crippen molar-refractivity contribution in [2.75, 3.05) is 26.7 Å². The van der Waals surface area contributed by atoms with Crippen LogP contribution in [0.25, 0.3) is 0 Å². The van der Waals surface area contributed by atoms with Crippen LogP contribution in [0.3, 0.4) is 0 Å². The molecule has 0 aromatic carbocycles. The second kappa shape index (κ2) is 4.95. The molecule has 5 heteroatoms. The summed E-state index contributed by atoms with van der Waals surface area (Å²) in [6, 6.07) is 0. The Hall–Kier alpha value is -1.10. The molecule has 0 aromatic heterocycles. The molecule has 1 heterocycles. The van der Waals surface area contributed by atoms with Gasteiger partial charge in [0.15, 0.2) is 0 Å². The number of rotatable bonds is 5. The largest absolute Gasteiger partial charge is 0.481 e. The average molecular weight is 200 g/mol. The second-order valence-electron chi connectivity index (χ2n) is 3.69. The van der Waals surface area contributed by atoms with E-state index in [1.54, 1.807) is 7.05 Å². The highest BCUT2D eigenvalue weighted by Crippen LogP contribution is 2.09. The van der Waals surface area contributed by atoms with Gasteiger partial charge in [0.25, 0.3) is 0 Å². The molecule has 0 saturated carbocycles. The number of carbonyl (C=O) groups is 2. The van der Waals surface area contributed by atoms with E-state index in [0.717, 1.165) is 13.1 Å². The van der Waals surface area contributed by atoms with Gasteiger partial charge in [-0.1, -0.05) is 0 Å². The molecule has 1 saturated heterocycles. The van der Waals surface area contributed by atoms with Gasteiger partial charge in [0.2, 0.25) is 5.91 Å². The van der Waals surface area contributed by atoms with Gasteiger partial charge in [0.1, 0.15) is 0 Å². The SMILES string of the molecule is CN(CCC(=O)O)C(=O)CC1CNC1. The van der Waals surface area contributed by atoms with Crippen LogP contribution in [0.1, 0.15) is 12.8 Å². The highest BCUT2D eigenvalue weighted by atomic mass is 16.4. The number of nitrogens with zero attached hydrogens (tertiary/aromatic N) is 1. The number of carbonyl (C=O) groups excluding carboxylic acids is 1. The predicted molar refractivity (Wildman–Crippen MR) is 50.9 cm³/mol. The molecule has 2 N–H and O–H groups in total. The van der Waals surface area contributed by atoms with E-state index >= 15 is 0 Å². The Balaban J connectivity index is 2.17. The van der Waals surface area contributed by atoms with E-state index in [0.29, 0.717) is 18.9 Å². The van der Waals surface area contributed by atoms with E-state index in [1.165, 1.54) is 4.90 Å². The standard InChI is InChI=1S/C9H16N2O3/c1-11(3-2-9(13)14)8(12)4-7-5-10-6-7/h7,10H,2-6H2,1H3,(H,13,14). The van der Waals surface area contributed by atoms with Crippen molar-refractivity contribution < 1.29 is 14.7 Å². The summed E-state index contributed by atoms with van der Waals surface area (Å²) in [7, 11) is 1.65. The van der Waals surface area contributed by atoms with Crippen LogP contribution in [0.2, 0.25) is 0 Å². The lowest BCUT2D eigenvalue weighted by atomic mass is 9.99. The Morgan fingerprint density at radius 1 is 1.50 bits per heavy atom. The Labute approximate surface area is 83.1 Å². The van der Waals surface area contributed by atoms with Crippen molar-refractivity contribution in [2.24, 2.45) is 5.92 Å². The number of nitrogens with one attached hydrogen (secondary N) is 1. The first kappa shape index (κ1) is 11.0. The lowest BCUT2D eigenvalue weighted by Gasteiger charge is -2.28. The van der Waals surface area contributed by atoms with Crippen LogP contribution >= 0.6 is 0 Å². The van der Waals surface area contributed by atoms with Gasteiger partial charge in [-0.05, 0) is 19.0 Å². The lowest BCUT2D eigenvalue weighted by Crippen LogP contribution is -2.45. The maximum atomic E-state index is 11.5. The van der Waals surface area contributed by atoms with Crippen LogP contribution in [-0.4, -0.2) is 48.6 Å². The first-order valence-electron chi connectivity index (χ1n) is 4.76. The fourth-order valence-corrected chi connectivity index (χ4v) is 1.28. The molecule has 5 nitrogen and oxygen atoms in total. The minimum atomic E-state index is -0.866. The summed E-state index contributed by atoms with van der Waals surface area (Å²) in [4.78, 5) is 23.2. The van der Waals surface area contributed by atoms with Crippen LogP contribution in [0, 0.1) is 5.92 Å². The quantitative estimate of drug-likeness (QED) is 0.629. The molecule has 1 aliphatic rings. The monoisotopic (exact) mass is 200 g/mol. The zero-order valence-corrected chi connectivity index (χ0v) is 8.32. The average Bonchev–Trinajstić information content (AvgIpc) is 2.06. The normalized spacial score (nSPS) is 16.1. The number of amides is 1. The minimum absolute atomic E-state index is 0.0190. The van der Waals surface area contributed by atoms with Crippen LogP contribution in [0.15, 0.2) is 0 Å². The lowest BCUT2D eigenvalue weighted by molar-refractivity contribution is -0.138. The number of carboxylic acid groups (broad SMARTS) is 1. The molecule has 0 bridgehead atoms. The van der Waals surface area contributed by atoms with Crippen molar-refractivity contribution in [3.05, 3.63) is 0 Å². The molecule has 1 amide bonds. The highest BCUT2D eigenvalue weighted by Gasteiger charge is 2.21. The molecule has 0 radical (unpaired) electrons. The number of carboxylic acids is 1. The van der Waals surface area contributed by atoms with Crippen molar-refractivity contribution in [2.45, 2.75) is 12.8 Å². The zero-order chi connectivity index (χ0) is 10.6. The Bertz CT molecular complexity index is 226. The zero-order valence-electron chi connectivity index (χ0n) is 8.32. The first-order valence-corrected chi connectivity index (χ1v) is 4.76. The second-order valence-corrected chi connectivity index (χ2v) is 3.69. The van der Waals surface area contributed by atoms with E-state index in [4.69, 9.17) is 5.11 Å². The summed E-state index contributed by atoms with van der Waals surface area (Å²) in [5.41, 5.74) is 0. The summed E-state index contributed by atoms with van der Waals surface area (Å²) in [6.07, 6.45) is 0.550. The van der Waals surface area contributed by atoms with E-state index in [9.17, 15) is 9.59 Å². The van der Waals surface area contributed by atoms with E-state index < -0.39 is 5.97 Å². The van der Waals surface area contributed by atoms with E-state index in [1.807, 2.05) is 0 Å². The highest BCUT2D eigenvalue weighted by molar-refractivity contribution is 5.77. The van der Waals surface area contributed by atoms with Gasteiger partial charge in [-0.2, -0.15) is 0 Å². The third-order valence-electron chi connectivity index (χ3n) is 2.42. The van der Waals surface area contributed by atoms with E-state index in [-0.39, 0.29) is 12.3 Å². The summed E-state index contributed by atoms with van der Waals surface area (Å²) < 4.78 is 0. The van der Waals surface area contributed by atoms with Crippen molar-refractivity contribution in [1.29, 1.82) is 0 Å². The molecule has 1 fully saturated rings. The summed E-state index contributed by atoms with van der Waals surface area (Å²) >= 11 is 0. The molecule has 1 rings (SSSR count). The minimum Gasteiger partial charge on any atom is -0.481 e. The van der Waals surface area contributed by atoms with Gasteiger partial charge in [-0.3, -0.25) is 9.59 Å². The third-order valence-corrected chi connectivity index (χ3v) is 2.42. The van der Waals surface area contributed by atoms with Gasteiger partial charge in [-0.15, -0.1) is 0 Å². The fourth-order valence-electron chi connectivity index (χ4n) is 1.28. The molecule has 0 aromatic rings. The molecule has 14 heavy (non-hydrogen) atoms. The summed E-state index contributed by atoms with van der Waals surface area (Å²) in [6.45, 7) is 2.10. The molecular formula is C9H16N2O3. The van der Waals surface area contributed by atoms with Crippen molar-refractivity contribution in [3.8, 4) is 0 Å². The fraction of sp³-hybridized carbons (Fsp3) is 0.778. The van der Waals surface area contributed by atoms with Crippen LogP contribution in [0.4, 0.5) is 0 Å². The van der Waals surface area contributed by atoms with Gasteiger partial charge in [-0.25, -0.2) is 0 Å². The number of aliphatic carboxylic acids is 1. The molecule has 80 valence electrons. The maximum absolute atomic E-state index is 11.5. The van der Waals surface area contributed by atoms with Gasteiger partial charge in [0, 0.05) is 20.0 Å². The Kier molecular flexibility index (Phi) is 3.88. The molecule has 0 atom stereocenters. The number of hydrogen-bond acceptors (Lipinski definition) is 3. The van der Waals surface area contributed by atoms with Crippen molar-refractivity contribution >= 4 is 11.9 Å². The van der Waals surface area contributed by atoms with E-state index in [2.05, 4.69) is 5.32 Å². The summed E-state index contributed by atoms with van der Waals surface area (Å²) in [5, 5.41) is 11.5. The van der Waals surface area contributed by atoms with Gasteiger partial charge < -0.3 is 15.3 Å². The topological polar surface area (TPSA) is 69.6 Å². The molecule has 1 aliphatic heterocycles. The first-order chi connectivity index (χ1) is 6.59. The molecule has 0 unspecified atom stereocenters. The van der Waals surface area contributed by atoms with Crippen LogP contribution in [-0.2, 0) is 9.59 Å². The van der Waals surface area contributed by atoms with Crippen LogP contribution in [0.5, 0.6) is 0 Å². The Morgan fingerprint density at radius 2 is 2.14 bits per heavy atom. The molecule has 0 spiro atoms. The molecule has 0 aliphatic carbocycles. The number of hydrogen-bond donors (Lipinski definition) is 2. The van der Waals surface area contributed by atoms with Crippen molar-refractivity contribution in [1.82, 2.24) is 10.2 Å². The smallest absolute Gasteiger partial charge is 0.305 e. The van der Waals surface area contributed by atoms with Crippen LogP contribution < -0.4 is 5.32 Å². The third kappa shape index (κ3) is 3.33. The summed E-state index contributed by atoms with van der Waals surface area (Å²) in [5.74, 6) is -0.387. The molecular weight excluding hydrogens is 184 g/mol. The predicted octanol–water partition coefficient (Wildman–Crippen LogP) is -0.471. The maximum Gasteiger partial charge on any atom is 0.305 e. The van der Waals surface area contributed by atoms with Crippen molar-refractivity contribution in [3.63, 3.8) is 0 Å².